The van der Waals surface area contributed by atoms with Crippen LogP contribution >= 0.6 is 12.6 Å². The molecule has 2 heteroatoms. The molecule has 0 amide bonds. The SMILES string of the molecule is CC1(C)[C@H]2CC[C@]1(CS)C(=O)C2. The van der Waals surface area contributed by atoms with Crippen LogP contribution in [0.5, 0.6) is 0 Å². The van der Waals surface area contributed by atoms with Gasteiger partial charge in [0.05, 0.1) is 0 Å². The lowest BCUT2D eigenvalue weighted by molar-refractivity contribution is -0.127. The number of fused-ring (bicyclic) bond motifs is 2. The molecule has 0 heterocycles. The molecule has 2 fully saturated rings. The fourth-order valence-electron chi connectivity index (χ4n) is 3.14. The lowest BCUT2D eigenvalue weighted by Gasteiger charge is -2.34. The van der Waals surface area contributed by atoms with Gasteiger partial charge in [-0.15, -0.1) is 0 Å². The van der Waals surface area contributed by atoms with E-state index in [1.165, 1.54) is 6.42 Å². The molecule has 12 heavy (non-hydrogen) atoms. The first-order chi connectivity index (χ1) is 5.54. The van der Waals surface area contributed by atoms with E-state index < -0.39 is 0 Å². The van der Waals surface area contributed by atoms with Crippen molar-refractivity contribution in [1.82, 2.24) is 0 Å². The molecule has 0 unspecified atom stereocenters. The molecule has 2 atom stereocenters. The standard InChI is InChI=1S/C10H16OS/c1-9(2)7-3-4-10(9,6-12)8(11)5-7/h7,12H,3-6H2,1-2H3/t7-,10-/m0/s1. The van der Waals surface area contributed by atoms with Gasteiger partial charge in [0.25, 0.3) is 0 Å². The van der Waals surface area contributed by atoms with Gasteiger partial charge in [-0.3, -0.25) is 4.79 Å². The highest BCUT2D eigenvalue weighted by atomic mass is 32.1. The lowest BCUT2D eigenvalue weighted by atomic mass is 9.70. The summed E-state index contributed by atoms with van der Waals surface area (Å²) in [5, 5.41) is 0. The molecule has 0 radical (unpaired) electrons. The third-order valence-corrected chi connectivity index (χ3v) is 4.95. The summed E-state index contributed by atoms with van der Waals surface area (Å²) in [6, 6.07) is 0. The van der Waals surface area contributed by atoms with Crippen molar-refractivity contribution in [2.45, 2.75) is 33.1 Å². The molecule has 0 aromatic rings. The summed E-state index contributed by atoms with van der Waals surface area (Å²) in [4.78, 5) is 11.8. The van der Waals surface area contributed by atoms with Crippen LogP contribution in [0.1, 0.15) is 33.1 Å². The van der Waals surface area contributed by atoms with Gasteiger partial charge in [-0.25, -0.2) is 0 Å². The Hall–Kier alpha value is 0.0200. The maximum absolute atomic E-state index is 11.8. The zero-order valence-corrected chi connectivity index (χ0v) is 8.66. The topological polar surface area (TPSA) is 17.1 Å². The van der Waals surface area contributed by atoms with Gasteiger partial charge in [-0.2, -0.15) is 12.6 Å². The number of ketones is 1. The van der Waals surface area contributed by atoms with Gasteiger partial charge < -0.3 is 0 Å². The van der Waals surface area contributed by atoms with Crippen LogP contribution in [0.4, 0.5) is 0 Å². The van der Waals surface area contributed by atoms with E-state index in [0.29, 0.717) is 11.7 Å². The third-order valence-electron chi connectivity index (χ3n) is 4.41. The number of hydrogen-bond donors (Lipinski definition) is 1. The molecule has 2 bridgehead atoms. The number of Topliss-reactive ketones (excluding diaryl/α,β-unsaturated/α-hetero) is 1. The van der Waals surface area contributed by atoms with Gasteiger partial charge in [0.1, 0.15) is 5.78 Å². The Kier molecular flexibility index (Phi) is 1.64. The first kappa shape index (κ1) is 8.61. The highest BCUT2D eigenvalue weighted by Gasteiger charge is 2.63. The van der Waals surface area contributed by atoms with Gasteiger partial charge in [0, 0.05) is 17.6 Å². The summed E-state index contributed by atoms with van der Waals surface area (Å²) in [5.74, 6) is 1.85. The Bertz CT molecular complexity index is 234. The summed E-state index contributed by atoms with van der Waals surface area (Å²) in [6.45, 7) is 4.48. The zero-order valence-electron chi connectivity index (χ0n) is 7.76. The van der Waals surface area contributed by atoms with Gasteiger partial charge in [-0.05, 0) is 24.2 Å². The van der Waals surface area contributed by atoms with Gasteiger partial charge in [0.2, 0.25) is 0 Å². The molecule has 0 spiro atoms. The minimum Gasteiger partial charge on any atom is -0.299 e. The maximum Gasteiger partial charge on any atom is 0.140 e. The molecule has 2 rings (SSSR count). The van der Waals surface area contributed by atoms with E-state index in [-0.39, 0.29) is 10.8 Å². The van der Waals surface area contributed by atoms with E-state index in [1.807, 2.05) is 0 Å². The van der Waals surface area contributed by atoms with Crippen LogP contribution in [0.15, 0.2) is 0 Å². The number of rotatable bonds is 1. The van der Waals surface area contributed by atoms with Crippen LogP contribution in [-0.4, -0.2) is 11.5 Å². The zero-order chi connectivity index (χ0) is 8.98. The number of carbonyl (C=O) groups is 1. The molecule has 2 saturated carbocycles. The predicted octanol–water partition coefficient (Wildman–Crippen LogP) is 2.31. The second-order valence-corrected chi connectivity index (χ2v) is 5.14. The van der Waals surface area contributed by atoms with Gasteiger partial charge >= 0.3 is 0 Å². The number of hydrogen-bond acceptors (Lipinski definition) is 2. The Morgan fingerprint density at radius 2 is 2.25 bits per heavy atom. The van der Waals surface area contributed by atoms with Crippen molar-refractivity contribution in [2.75, 3.05) is 5.75 Å². The van der Waals surface area contributed by atoms with E-state index >= 15 is 0 Å². The van der Waals surface area contributed by atoms with E-state index in [4.69, 9.17) is 0 Å². The van der Waals surface area contributed by atoms with Crippen molar-refractivity contribution in [3.05, 3.63) is 0 Å². The Balaban J connectivity index is 2.46. The van der Waals surface area contributed by atoms with Crippen LogP contribution < -0.4 is 0 Å². The number of carbonyl (C=O) groups excluding carboxylic acids is 1. The average Bonchev–Trinajstić information content (AvgIpc) is 2.36. The second kappa shape index (κ2) is 2.28. The van der Waals surface area contributed by atoms with Crippen molar-refractivity contribution in [1.29, 1.82) is 0 Å². The summed E-state index contributed by atoms with van der Waals surface area (Å²) in [6.07, 6.45) is 3.12. The fraction of sp³-hybridized carbons (Fsp3) is 0.900. The molecule has 2 aliphatic carbocycles. The normalized spacial score (nSPS) is 43.9. The van der Waals surface area contributed by atoms with Crippen molar-refractivity contribution in [2.24, 2.45) is 16.7 Å². The minimum atomic E-state index is -0.0687. The Morgan fingerprint density at radius 1 is 1.58 bits per heavy atom. The summed E-state index contributed by atoms with van der Waals surface area (Å²) >= 11 is 4.36. The molecule has 0 N–H and O–H groups in total. The minimum absolute atomic E-state index is 0.0687. The predicted molar refractivity (Wildman–Crippen MR) is 52.4 cm³/mol. The molecule has 2 aliphatic rings. The monoisotopic (exact) mass is 184 g/mol. The molecule has 0 saturated heterocycles. The Morgan fingerprint density at radius 3 is 2.50 bits per heavy atom. The third kappa shape index (κ3) is 0.704. The first-order valence-electron chi connectivity index (χ1n) is 4.69. The summed E-state index contributed by atoms with van der Waals surface area (Å²) in [5.41, 5.74) is 0.145. The van der Waals surface area contributed by atoms with E-state index in [2.05, 4.69) is 26.5 Å². The molecular formula is C10H16OS. The Labute approximate surface area is 79.3 Å². The summed E-state index contributed by atoms with van der Waals surface area (Å²) < 4.78 is 0. The average molecular weight is 184 g/mol. The van der Waals surface area contributed by atoms with E-state index in [9.17, 15) is 4.79 Å². The molecular weight excluding hydrogens is 168 g/mol. The van der Waals surface area contributed by atoms with Crippen LogP contribution in [0.25, 0.3) is 0 Å². The van der Waals surface area contributed by atoms with Crippen molar-refractivity contribution in [3.8, 4) is 0 Å². The quantitative estimate of drug-likeness (QED) is 0.619. The molecule has 1 nitrogen and oxygen atoms in total. The first-order valence-corrected chi connectivity index (χ1v) is 5.32. The summed E-state index contributed by atoms with van der Waals surface area (Å²) in [7, 11) is 0. The lowest BCUT2D eigenvalue weighted by Crippen LogP contribution is -2.37. The van der Waals surface area contributed by atoms with Crippen molar-refractivity contribution < 1.29 is 4.79 Å². The van der Waals surface area contributed by atoms with Crippen molar-refractivity contribution in [3.63, 3.8) is 0 Å². The number of thiol groups is 1. The molecule has 0 aromatic heterocycles. The second-order valence-electron chi connectivity index (χ2n) is 4.82. The van der Waals surface area contributed by atoms with E-state index in [1.54, 1.807) is 0 Å². The van der Waals surface area contributed by atoms with Crippen LogP contribution in [0.2, 0.25) is 0 Å². The van der Waals surface area contributed by atoms with Gasteiger partial charge in [-0.1, -0.05) is 13.8 Å². The van der Waals surface area contributed by atoms with Crippen LogP contribution in [0, 0.1) is 16.7 Å². The van der Waals surface area contributed by atoms with Gasteiger partial charge in [0.15, 0.2) is 0 Å². The molecule has 68 valence electrons. The molecule has 0 aromatic carbocycles. The fourth-order valence-corrected chi connectivity index (χ4v) is 3.88. The van der Waals surface area contributed by atoms with E-state index in [0.717, 1.165) is 18.6 Å². The highest BCUT2D eigenvalue weighted by molar-refractivity contribution is 7.80. The van der Waals surface area contributed by atoms with Crippen LogP contribution in [0.3, 0.4) is 0 Å². The highest BCUT2D eigenvalue weighted by Crippen LogP contribution is 2.64. The van der Waals surface area contributed by atoms with Crippen LogP contribution in [-0.2, 0) is 4.79 Å². The van der Waals surface area contributed by atoms with Crippen molar-refractivity contribution >= 4 is 18.4 Å². The smallest absolute Gasteiger partial charge is 0.140 e. The maximum atomic E-state index is 11.8. The molecule has 0 aliphatic heterocycles. The largest absolute Gasteiger partial charge is 0.299 e.